The summed E-state index contributed by atoms with van der Waals surface area (Å²) in [5, 5.41) is 0. The molecular formula is C30H48O. The third kappa shape index (κ3) is 2.00. The lowest BCUT2D eigenvalue weighted by molar-refractivity contribution is -0.275. The topological polar surface area (TPSA) is 9.23 Å². The fourth-order valence-electron chi connectivity index (χ4n) is 12.3. The molecule has 4 saturated carbocycles. The van der Waals surface area contributed by atoms with E-state index in [9.17, 15) is 0 Å². The quantitative estimate of drug-likeness (QED) is 0.385. The zero-order valence-electron chi connectivity index (χ0n) is 21.6. The van der Waals surface area contributed by atoms with Gasteiger partial charge in [-0.25, -0.2) is 0 Å². The highest BCUT2D eigenvalue weighted by Gasteiger charge is 2.78. The molecule has 0 unspecified atom stereocenters. The summed E-state index contributed by atoms with van der Waals surface area (Å²) in [5.41, 5.74) is 3.55. The molecule has 0 radical (unpaired) electrons. The van der Waals surface area contributed by atoms with Crippen molar-refractivity contribution in [1.82, 2.24) is 0 Å². The van der Waals surface area contributed by atoms with Crippen molar-refractivity contribution < 1.29 is 4.74 Å². The Labute approximate surface area is 192 Å². The summed E-state index contributed by atoms with van der Waals surface area (Å²) in [6.45, 7) is 23.0. The van der Waals surface area contributed by atoms with Crippen molar-refractivity contribution >= 4 is 0 Å². The zero-order chi connectivity index (χ0) is 22.2. The Morgan fingerprint density at radius 2 is 1.39 bits per heavy atom. The van der Waals surface area contributed by atoms with Crippen LogP contribution in [0.3, 0.4) is 0 Å². The minimum Gasteiger partial charge on any atom is -0.366 e. The van der Waals surface area contributed by atoms with E-state index in [0.29, 0.717) is 27.8 Å². The van der Waals surface area contributed by atoms with Gasteiger partial charge in [-0.15, -0.1) is 0 Å². The normalized spacial score (nSPS) is 62.4. The van der Waals surface area contributed by atoms with Crippen molar-refractivity contribution in [2.75, 3.05) is 0 Å². The van der Waals surface area contributed by atoms with E-state index in [1.165, 1.54) is 69.8 Å². The Hall–Kier alpha value is -0.300. The van der Waals surface area contributed by atoms with E-state index in [1.807, 2.05) is 0 Å². The van der Waals surface area contributed by atoms with E-state index >= 15 is 0 Å². The van der Waals surface area contributed by atoms with Gasteiger partial charge in [0.2, 0.25) is 0 Å². The Morgan fingerprint density at radius 3 is 2.10 bits per heavy atom. The second-order valence-corrected chi connectivity index (χ2v) is 14.7. The van der Waals surface area contributed by atoms with Crippen LogP contribution in [0.5, 0.6) is 0 Å². The largest absolute Gasteiger partial charge is 0.366 e. The first-order valence-electron chi connectivity index (χ1n) is 13.8. The van der Waals surface area contributed by atoms with Crippen LogP contribution >= 0.6 is 0 Å². The Balaban J connectivity index is 1.43. The molecule has 0 N–H and O–H groups in total. The molecule has 10 atom stereocenters. The summed E-state index contributed by atoms with van der Waals surface area (Å²) < 4.78 is 7.06. The fourth-order valence-corrected chi connectivity index (χ4v) is 12.3. The highest BCUT2D eigenvalue weighted by Crippen LogP contribution is 2.81. The van der Waals surface area contributed by atoms with Crippen molar-refractivity contribution in [3.05, 3.63) is 12.2 Å². The van der Waals surface area contributed by atoms with Crippen molar-refractivity contribution in [2.45, 2.75) is 124 Å². The number of hydrogen-bond acceptors (Lipinski definition) is 1. The summed E-state index contributed by atoms with van der Waals surface area (Å²) in [5.74, 6) is 3.48. The van der Waals surface area contributed by atoms with Crippen LogP contribution in [-0.4, -0.2) is 11.7 Å². The third-order valence-electron chi connectivity index (χ3n) is 14.1. The van der Waals surface area contributed by atoms with E-state index in [4.69, 9.17) is 4.74 Å². The van der Waals surface area contributed by atoms with Crippen molar-refractivity contribution in [3.8, 4) is 0 Å². The predicted octanol–water partition coefficient (Wildman–Crippen LogP) is 8.19. The lowest BCUT2D eigenvalue weighted by atomic mass is 9.31. The molecule has 2 heterocycles. The summed E-state index contributed by atoms with van der Waals surface area (Å²) in [4.78, 5) is 0. The summed E-state index contributed by atoms with van der Waals surface area (Å²) >= 11 is 0. The number of hydrogen-bond donors (Lipinski definition) is 0. The van der Waals surface area contributed by atoms with Crippen molar-refractivity contribution in [3.63, 3.8) is 0 Å². The lowest BCUT2D eigenvalue weighted by Gasteiger charge is -2.74. The molecule has 6 rings (SSSR count). The first-order valence-corrected chi connectivity index (χ1v) is 13.8. The van der Waals surface area contributed by atoms with Gasteiger partial charge in [0.1, 0.15) is 0 Å². The van der Waals surface area contributed by atoms with Gasteiger partial charge >= 0.3 is 0 Å². The molecule has 0 aromatic heterocycles. The van der Waals surface area contributed by atoms with Crippen LogP contribution in [0.2, 0.25) is 0 Å². The van der Waals surface area contributed by atoms with Gasteiger partial charge in [-0.1, -0.05) is 55.0 Å². The summed E-state index contributed by atoms with van der Waals surface area (Å²) in [7, 11) is 0. The number of rotatable bonds is 1. The molecule has 0 aromatic carbocycles. The van der Waals surface area contributed by atoms with Gasteiger partial charge in [-0.05, 0) is 110 Å². The van der Waals surface area contributed by atoms with Crippen molar-refractivity contribution in [1.29, 1.82) is 0 Å². The van der Waals surface area contributed by atoms with Gasteiger partial charge in [0, 0.05) is 10.8 Å². The first-order chi connectivity index (χ1) is 14.4. The summed E-state index contributed by atoms with van der Waals surface area (Å²) in [6.07, 6.45) is 14.2. The van der Waals surface area contributed by atoms with Crippen LogP contribution in [0.25, 0.3) is 0 Å². The molecule has 4 aliphatic carbocycles. The number of ether oxygens (including phenoxy) is 1. The molecule has 0 amide bonds. The van der Waals surface area contributed by atoms with E-state index in [0.717, 1.165) is 23.7 Å². The van der Waals surface area contributed by atoms with Gasteiger partial charge in [0.05, 0.1) is 11.7 Å². The van der Waals surface area contributed by atoms with Crippen LogP contribution in [0.1, 0.15) is 113 Å². The smallest absolute Gasteiger partial charge is 0.0838 e. The minimum atomic E-state index is 0.0614. The van der Waals surface area contributed by atoms with Crippen LogP contribution in [-0.2, 0) is 4.74 Å². The third-order valence-corrected chi connectivity index (χ3v) is 14.1. The Morgan fingerprint density at radius 1 is 0.742 bits per heavy atom. The maximum atomic E-state index is 7.06. The van der Waals surface area contributed by atoms with Gasteiger partial charge in [0.25, 0.3) is 0 Å². The monoisotopic (exact) mass is 424 g/mol. The van der Waals surface area contributed by atoms with Crippen LogP contribution in [0.4, 0.5) is 0 Å². The van der Waals surface area contributed by atoms with E-state index in [2.05, 4.69) is 55.0 Å². The fraction of sp³-hybridized carbons (Fsp3) is 0.933. The average molecular weight is 425 g/mol. The minimum absolute atomic E-state index is 0.0614. The van der Waals surface area contributed by atoms with Crippen molar-refractivity contribution in [2.24, 2.45) is 50.7 Å². The molecule has 1 spiro atoms. The van der Waals surface area contributed by atoms with E-state index in [-0.39, 0.29) is 11.0 Å². The predicted molar refractivity (Wildman–Crippen MR) is 129 cm³/mol. The first kappa shape index (κ1) is 21.2. The standard InChI is InChI=1S/C30H48O/c1-19(2)21-9-10-23-25(21,4)15-16-28(7)24-12-13-26(5)20(3)22-11-14-30(26,31-22)29(24,8)18-17-27(23,28)6/h19,21-24H,3,9-18H2,1-2,4-8H3/t21-,22-,23-,24-,25-,26-,27+,28-,29-,30+/m1/s1. The molecule has 174 valence electrons. The maximum Gasteiger partial charge on any atom is 0.0838 e. The molecule has 0 aromatic rings. The molecular weight excluding hydrogens is 376 g/mol. The molecule has 2 bridgehead atoms. The lowest BCUT2D eigenvalue weighted by Crippen LogP contribution is -2.70. The number of fused-ring (bicyclic) bond motifs is 6. The molecule has 2 aliphatic heterocycles. The summed E-state index contributed by atoms with van der Waals surface area (Å²) in [6, 6.07) is 0. The van der Waals surface area contributed by atoms with E-state index in [1.54, 1.807) is 0 Å². The Bertz CT molecular complexity index is 828. The Kier molecular flexibility index (Phi) is 4.01. The van der Waals surface area contributed by atoms with Gasteiger partial charge in [-0.3, -0.25) is 0 Å². The molecule has 2 saturated heterocycles. The zero-order valence-corrected chi connectivity index (χ0v) is 21.6. The highest BCUT2D eigenvalue weighted by atomic mass is 16.5. The van der Waals surface area contributed by atoms with Crippen LogP contribution < -0.4 is 0 Å². The molecule has 31 heavy (non-hydrogen) atoms. The average Bonchev–Trinajstić information content (AvgIpc) is 3.36. The van der Waals surface area contributed by atoms with Crippen LogP contribution in [0, 0.1) is 50.7 Å². The molecule has 1 nitrogen and oxygen atoms in total. The van der Waals surface area contributed by atoms with Crippen LogP contribution in [0.15, 0.2) is 12.2 Å². The van der Waals surface area contributed by atoms with Gasteiger partial charge in [0.15, 0.2) is 0 Å². The van der Waals surface area contributed by atoms with E-state index < -0.39 is 0 Å². The van der Waals surface area contributed by atoms with Gasteiger partial charge < -0.3 is 4.74 Å². The van der Waals surface area contributed by atoms with Gasteiger partial charge in [-0.2, -0.15) is 0 Å². The second-order valence-electron chi connectivity index (χ2n) is 14.7. The highest BCUT2D eigenvalue weighted by molar-refractivity contribution is 5.37. The second kappa shape index (κ2) is 5.84. The SMILES string of the molecule is C=C1[C@H]2CC[C@]3(O2)[C@]1(C)CC[C@H]1[C@@]3(C)CC[C@@]2(C)[C@@H]3CC[C@H](C(C)C)[C@@]3(C)CC[C@]12C. The molecule has 6 aliphatic rings. The maximum absolute atomic E-state index is 7.06. The molecule has 6 fully saturated rings. The molecule has 1 heteroatoms.